The summed E-state index contributed by atoms with van der Waals surface area (Å²) in [5.41, 5.74) is 2.12. The molecule has 236 valence electrons. The van der Waals surface area contributed by atoms with Crippen molar-refractivity contribution in [2.24, 2.45) is 5.92 Å². The molecule has 1 spiro atoms. The Hall–Kier alpha value is -3.08. The lowest BCUT2D eigenvalue weighted by atomic mass is 9.82. The largest absolute Gasteiger partial charge is 0.394 e. The number of amides is 3. The van der Waals surface area contributed by atoms with E-state index in [2.05, 4.69) is 0 Å². The third-order valence-corrected chi connectivity index (χ3v) is 12.9. The van der Waals surface area contributed by atoms with Crippen LogP contribution in [0.3, 0.4) is 0 Å². The number of fused-ring (bicyclic) bond motifs is 3. The van der Waals surface area contributed by atoms with Gasteiger partial charge in [-0.05, 0) is 61.7 Å². The minimum Gasteiger partial charge on any atom is -0.394 e. The monoisotopic (exact) mass is 621 g/mol. The maximum atomic E-state index is 16.3. The quantitative estimate of drug-likeness (QED) is 0.372. The van der Waals surface area contributed by atoms with Crippen LogP contribution in [-0.2, 0) is 37.7 Å². The molecule has 6 rings (SSSR count). The lowest BCUT2D eigenvalue weighted by Gasteiger charge is -2.37. The van der Waals surface area contributed by atoms with E-state index in [0.29, 0.717) is 37.2 Å². The van der Waals surface area contributed by atoms with Crippen LogP contribution in [0.25, 0.3) is 0 Å². The van der Waals surface area contributed by atoms with E-state index in [1.165, 1.54) is 0 Å². The van der Waals surface area contributed by atoms with Crippen LogP contribution >= 0.6 is 0 Å². The first-order chi connectivity index (χ1) is 21.0. The number of anilines is 2. The Balaban J connectivity index is 1.35. The minimum atomic E-state index is -3.47. The van der Waals surface area contributed by atoms with Gasteiger partial charge in [-0.2, -0.15) is 0 Å². The van der Waals surface area contributed by atoms with Crippen LogP contribution in [-0.4, -0.2) is 68.5 Å². The van der Waals surface area contributed by atoms with Crippen molar-refractivity contribution in [1.82, 2.24) is 4.90 Å². The normalized spacial score (nSPS) is 29.1. The molecule has 0 aromatic heterocycles. The number of likely N-dealkylation sites (N-methyl/N-ethyl adjacent to an activating group) is 1. The smallest absolute Gasteiger partial charge is 0.264 e. The number of aliphatic hydroxyl groups is 1. The topological polar surface area (TPSA) is 90.4 Å². The molecule has 4 aliphatic rings. The number of nitrogens with zero attached hydrogens (tertiary/aromatic N) is 3. The zero-order valence-electron chi connectivity index (χ0n) is 26.2. The Kier molecular flexibility index (Phi) is 8.21. The molecule has 2 saturated heterocycles. The van der Waals surface area contributed by atoms with Gasteiger partial charge in [0.15, 0.2) is 5.60 Å². The van der Waals surface area contributed by atoms with E-state index in [1.54, 1.807) is 29.9 Å². The van der Waals surface area contributed by atoms with Crippen molar-refractivity contribution in [3.05, 3.63) is 59.2 Å². The third-order valence-electron chi connectivity index (χ3n) is 10.5. The Labute approximate surface area is 260 Å². The summed E-state index contributed by atoms with van der Waals surface area (Å²) < 4.78 is 23.1. The lowest BCUT2D eigenvalue weighted by molar-refractivity contribution is -0.150. The molecule has 0 unspecified atom stereocenters. The fourth-order valence-electron chi connectivity index (χ4n) is 8.27. The van der Waals surface area contributed by atoms with Gasteiger partial charge in [0.25, 0.3) is 5.91 Å². The summed E-state index contributed by atoms with van der Waals surface area (Å²) in [6.45, 7) is 5.94. The number of hydrogen-bond acceptors (Lipinski definition) is 5. The first-order valence-electron chi connectivity index (χ1n) is 16.0. The predicted molar refractivity (Wildman–Crippen MR) is 170 cm³/mol. The molecule has 0 radical (unpaired) electrons. The summed E-state index contributed by atoms with van der Waals surface area (Å²) in [5.74, 6) is -0.946. The number of rotatable bonds is 5. The molecule has 5 atom stereocenters. The van der Waals surface area contributed by atoms with Gasteiger partial charge in [0.05, 0.1) is 30.9 Å². The van der Waals surface area contributed by atoms with Gasteiger partial charge < -0.3 is 28.7 Å². The average Bonchev–Trinajstić information content (AvgIpc) is 3.40. The van der Waals surface area contributed by atoms with Crippen molar-refractivity contribution in [3.63, 3.8) is 0 Å². The highest BCUT2D eigenvalue weighted by Gasteiger charge is 2.66. The predicted octanol–water partition coefficient (Wildman–Crippen LogP) is 5.07. The van der Waals surface area contributed by atoms with E-state index >= 15 is 4.11 Å². The molecular formula is C34H44FN3O5Si. The van der Waals surface area contributed by atoms with E-state index in [1.807, 2.05) is 54.3 Å². The van der Waals surface area contributed by atoms with Gasteiger partial charge in [0.1, 0.15) is 0 Å². The molecule has 0 aliphatic carbocycles. The number of carbonyl (C=O) groups excluding carboxylic acids is 3. The van der Waals surface area contributed by atoms with Crippen LogP contribution in [0, 0.1) is 5.92 Å². The van der Waals surface area contributed by atoms with Gasteiger partial charge in [-0.3, -0.25) is 14.4 Å². The second-order valence-electron chi connectivity index (χ2n) is 13.6. The Morgan fingerprint density at radius 1 is 1.09 bits per heavy atom. The molecule has 3 amide bonds. The highest BCUT2D eigenvalue weighted by atomic mass is 28.4. The number of halogens is 1. The van der Waals surface area contributed by atoms with Crippen molar-refractivity contribution in [2.75, 3.05) is 30.0 Å². The van der Waals surface area contributed by atoms with Crippen LogP contribution < -0.4 is 9.80 Å². The second kappa shape index (κ2) is 11.7. The van der Waals surface area contributed by atoms with Crippen molar-refractivity contribution in [3.8, 4) is 0 Å². The zero-order valence-corrected chi connectivity index (χ0v) is 27.2. The summed E-state index contributed by atoms with van der Waals surface area (Å²) in [6.07, 6.45) is 4.02. The summed E-state index contributed by atoms with van der Waals surface area (Å²) >= 11 is 0. The van der Waals surface area contributed by atoms with Gasteiger partial charge >= 0.3 is 0 Å². The van der Waals surface area contributed by atoms with Gasteiger partial charge in [0.2, 0.25) is 20.2 Å². The van der Waals surface area contributed by atoms with E-state index < -0.39 is 31.6 Å². The van der Waals surface area contributed by atoms with Crippen LogP contribution in [0.5, 0.6) is 0 Å². The van der Waals surface area contributed by atoms with Crippen LogP contribution in [0.15, 0.2) is 42.5 Å². The minimum absolute atomic E-state index is 0.0666. The highest BCUT2D eigenvalue weighted by molar-refractivity contribution is 6.72. The third kappa shape index (κ3) is 5.08. The van der Waals surface area contributed by atoms with Crippen molar-refractivity contribution >= 4 is 37.5 Å². The van der Waals surface area contributed by atoms with Gasteiger partial charge in [-0.25, -0.2) is 0 Å². The SMILES string of the molecule is C[C@H]1[C@H]([Si](C)(C)F)[C@@H](CC(=O)N2Cc3ccccc3C[C@H]2CO)O[C@]12C(=O)N(C)c1ccc(N3CCCCCCC3=O)cc12. The average molecular weight is 622 g/mol. The Morgan fingerprint density at radius 3 is 2.55 bits per heavy atom. The molecule has 4 heterocycles. The molecule has 4 aliphatic heterocycles. The fraction of sp³-hybridized carbons (Fsp3) is 0.559. The van der Waals surface area contributed by atoms with Gasteiger partial charge in [0, 0.05) is 49.3 Å². The lowest BCUT2D eigenvalue weighted by Crippen LogP contribution is -2.48. The molecule has 2 fully saturated rings. The number of hydrogen-bond donors (Lipinski definition) is 1. The van der Waals surface area contributed by atoms with Gasteiger partial charge in [-0.1, -0.05) is 44.0 Å². The molecule has 2 aromatic carbocycles. The van der Waals surface area contributed by atoms with Gasteiger partial charge in [-0.15, -0.1) is 0 Å². The maximum Gasteiger partial charge on any atom is 0.264 e. The standard InChI is InChI=1S/C34H44FN3O5Si/c1-22-32(44(3,4)35)29(19-31(41)38-20-24-12-9-8-11-23(24)17-26(38)21-39)43-34(22)27-18-25(14-15-28(27)36(2)33(34)42)37-16-10-6-5-7-13-30(37)40/h8-9,11-12,14-15,18,22,26,29,32,39H,5-7,10,13,16-17,19-21H2,1-4H3/t22-,26-,29+,32-,34+/m0/s1. The number of ether oxygens (including phenoxy) is 1. The fourth-order valence-corrected chi connectivity index (χ4v) is 10.8. The molecule has 2 aromatic rings. The number of carbonyl (C=O) groups is 3. The summed E-state index contributed by atoms with van der Waals surface area (Å²) in [5, 5.41) is 10.2. The summed E-state index contributed by atoms with van der Waals surface area (Å²) in [6, 6.07) is 13.2. The van der Waals surface area contributed by atoms with Crippen LogP contribution in [0.4, 0.5) is 15.5 Å². The molecule has 10 heteroatoms. The van der Waals surface area contributed by atoms with E-state index in [4.69, 9.17) is 4.74 Å². The second-order valence-corrected chi connectivity index (χ2v) is 17.4. The molecule has 44 heavy (non-hydrogen) atoms. The van der Waals surface area contributed by atoms with E-state index in [0.717, 1.165) is 42.5 Å². The maximum absolute atomic E-state index is 16.3. The van der Waals surface area contributed by atoms with Crippen molar-refractivity contribution in [1.29, 1.82) is 0 Å². The summed E-state index contributed by atoms with van der Waals surface area (Å²) in [7, 11) is -1.76. The molecular weight excluding hydrogens is 577 g/mol. The Bertz CT molecular complexity index is 1460. The van der Waals surface area contributed by atoms with Crippen molar-refractivity contribution in [2.45, 2.75) is 94.8 Å². The molecule has 0 bridgehead atoms. The molecule has 1 N–H and O–H groups in total. The van der Waals surface area contributed by atoms with Crippen LogP contribution in [0.1, 0.15) is 62.1 Å². The van der Waals surface area contributed by atoms with Crippen molar-refractivity contribution < 1.29 is 28.3 Å². The molecule has 8 nitrogen and oxygen atoms in total. The highest BCUT2D eigenvalue weighted by Crippen LogP contribution is 2.60. The summed E-state index contributed by atoms with van der Waals surface area (Å²) in [4.78, 5) is 46.3. The van der Waals surface area contributed by atoms with E-state index in [9.17, 15) is 19.5 Å². The number of benzene rings is 2. The zero-order chi connectivity index (χ0) is 31.4. The first-order valence-corrected chi connectivity index (χ1v) is 19.0. The Morgan fingerprint density at radius 2 is 1.82 bits per heavy atom. The first kappa shape index (κ1) is 30.9. The van der Waals surface area contributed by atoms with Crippen LogP contribution in [0.2, 0.25) is 18.6 Å². The van der Waals surface area contributed by atoms with E-state index in [-0.39, 0.29) is 36.8 Å². The number of aliphatic hydroxyl groups excluding tert-OH is 1. The molecule has 0 saturated carbocycles.